The van der Waals surface area contributed by atoms with E-state index < -0.39 is 23.9 Å². The highest BCUT2D eigenvalue weighted by atomic mass is 16.6. The second-order valence-electron chi connectivity index (χ2n) is 15.2. The molecule has 0 spiro atoms. The van der Waals surface area contributed by atoms with Gasteiger partial charge < -0.3 is 62.3 Å². The highest BCUT2D eigenvalue weighted by molar-refractivity contribution is 5.91. The smallest absolute Gasteiger partial charge is 0.343 e. The lowest BCUT2D eigenvalue weighted by atomic mass is 10.1. The number of benzene rings is 6. The number of phenolic OH excluding ortho intramolecular Hbond substituents is 1. The van der Waals surface area contributed by atoms with Crippen molar-refractivity contribution in [3.8, 4) is 56.8 Å². The lowest BCUT2D eigenvalue weighted by Gasteiger charge is -2.09. The zero-order chi connectivity index (χ0) is 53.9. The van der Waals surface area contributed by atoms with Crippen LogP contribution in [0.5, 0.6) is 34.5 Å². The topological polar surface area (TPSA) is 210 Å². The summed E-state index contributed by atoms with van der Waals surface area (Å²) in [5.74, 6) is 1.21. The highest BCUT2D eigenvalue weighted by Crippen LogP contribution is 2.26. The van der Waals surface area contributed by atoms with Crippen LogP contribution in [0.25, 0.3) is 22.3 Å². The average molecular weight is 1050 g/mol. The van der Waals surface area contributed by atoms with Crippen molar-refractivity contribution < 1.29 is 81.5 Å². The molecule has 2 N–H and O–H groups in total. The Bertz CT molecular complexity index is 2600. The summed E-state index contributed by atoms with van der Waals surface area (Å²) in [5, 5.41) is 17.9. The largest absolute Gasteiger partial charge is 0.508 e. The molecule has 0 fully saturated rings. The van der Waals surface area contributed by atoms with Crippen molar-refractivity contribution in [3.05, 3.63) is 182 Å². The van der Waals surface area contributed by atoms with Crippen molar-refractivity contribution in [2.45, 2.75) is 7.43 Å². The number of esters is 3. The molecule has 0 aliphatic carbocycles. The van der Waals surface area contributed by atoms with Gasteiger partial charge in [0.25, 0.3) is 0 Å². The van der Waals surface area contributed by atoms with Gasteiger partial charge in [-0.2, -0.15) is 0 Å². The maximum absolute atomic E-state index is 12.5. The van der Waals surface area contributed by atoms with E-state index in [0.29, 0.717) is 88.9 Å². The van der Waals surface area contributed by atoms with Crippen LogP contribution < -0.4 is 23.7 Å². The molecule has 0 saturated heterocycles. The van der Waals surface area contributed by atoms with Crippen molar-refractivity contribution in [1.29, 1.82) is 0 Å². The fourth-order valence-electron chi connectivity index (χ4n) is 6.08. The first-order chi connectivity index (χ1) is 36.5. The van der Waals surface area contributed by atoms with Crippen LogP contribution >= 0.6 is 0 Å². The quantitative estimate of drug-likeness (QED) is 0.0194. The molecule has 0 heterocycles. The second kappa shape index (κ2) is 36.4. The third-order valence-corrected chi connectivity index (χ3v) is 9.98. The van der Waals surface area contributed by atoms with Gasteiger partial charge in [-0.3, -0.25) is 0 Å². The van der Waals surface area contributed by atoms with Gasteiger partial charge in [0.15, 0.2) is 0 Å². The van der Waals surface area contributed by atoms with Crippen LogP contribution in [0.2, 0.25) is 0 Å². The van der Waals surface area contributed by atoms with Gasteiger partial charge in [-0.25, -0.2) is 19.2 Å². The molecule has 0 atom stereocenters. The molecular weight excluding hydrogens is 981 g/mol. The molecule has 0 aromatic heterocycles. The maximum Gasteiger partial charge on any atom is 0.343 e. The van der Waals surface area contributed by atoms with E-state index in [1.165, 1.54) is 12.1 Å². The zero-order valence-electron chi connectivity index (χ0n) is 41.9. The van der Waals surface area contributed by atoms with Crippen LogP contribution in [0.3, 0.4) is 0 Å². The fourth-order valence-corrected chi connectivity index (χ4v) is 6.08. The number of ether oxygens (including phenoxy) is 11. The Balaban J connectivity index is 0.000000331. The Kier molecular flexibility index (Phi) is 29.6. The van der Waals surface area contributed by atoms with E-state index in [1.54, 1.807) is 74.9 Å². The van der Waals surface area contributed by atoms with Gasteiger partial charge in [0, 0.05) is 12.2 Å². The number of carbonyl (C=O) groups excluding carboxylic acids is 3. The molecular formula is C59H66O17. The van der Waals surface area contributed by atoms with Crippen LogP contribution in [0, 0.1) is 0 Å². The molecule has 0 bridgehead atoms. The number of carbonyl (C=O) groups is 4. The Morgan fingerprint density at radius 1 is 0.408 bits per heavy atom. The molecule has 6 aromatic rings. The number of methoxy groups -OCH3 is 2. The number of aromatic carboxylic acids is 1. The molecule has 76 heavy (non-hydrogen) atoms. The molecule has 0 radical (unpaired) electrons. The molecule has 17 nitrogen and oxygen atoms in total. The van der Waals surface area contributed by atoms with Gasteiger partial charge in [0.05, 0.1) is 78.2 Å². The summed E-state index contributed by atoms with van der Waals surface area (Å²) in [6, 6.07) is 42.9. The van der Waals surface area contributed by atoms with E-state index in [4.69, 9.17) is 62.3 Å². The average Bonchev–Trinajstić information content (AvgIpc) is 3.45. The summed E-state index contributed by atoms with van der Waals surface area (Å²) in [5.41, 5.74) is 4.86. The fraction of sp³-hybridized carbons (Fsp3) is 0.254. The van der Waals surface area contributed by atoms with Gasteiger partial charge >= 0.3 is 23.9 Å². The Labute approximate surface area is 443 Å². The second-order valence-corrected chi connectivity index (χ2v) is 15.2. The Hall–Kier alpha value is -8.48. The van der Waals surface area contributed by atoms with E-state index in [0.717, 1.165) is 45.9 Å². The van der Waals surface area contributed by atoms with Crippen molar-refractivity contribution >= 4 is 23.9 Å². The molecule has 0 amide bonds. The van der Waals surface area contributed by atoms with Crippen LogP contribution in [0.1, 0.15) is 28.1 Å². The van der Waals surface area contributed by atoms with Gasteiger partial charge in [-0.1, -0.05) is 69.1 Å². The molecule has 0 saturated carbocycles. The van der Waals surface area contributed by atoms with Crippen LogP contribution in [0.15, 0.2) is 171 Å². The van der Waals surface area contributed by atoms with E-state index in [9.17, 15) is 19.2 Å². The van der Waals surface area contributed by atoms with Gasteiger partial charge in [-0.05, 0) is 119 Å². The monoisotopic (exact) mass is 1050 g/mol. The first-order valence-electron chi connectivity index (χ1n) is 23.5. The summed E-state index contributed by atoms with van der Waals surface area (Å²) >= 11 is 0. The highest BCUT2D eigenvalue weighted by Gasteiger charge is 2.10. The number of aromatic hydroxyl groups is 1. The van der Waals surface area contributed by atoms with Crippen molar-refractivity contribution in [2.24, 2.45) is 0 Å². The maximum atomic E-state index is 12.5. The molecule has 6 aromatic carbocycles. The third kappa shape index (κ3) is 24.5. The Morgan fingerprint density at radius 3 is 1.05 bits per heavy atom. The summed E-state index contributed by atoms with van der Waals surface area (Å²) in [4.78, 5) is 44.8. The predicted molar refractivity (Wildman–Crippen MR) is 287 cm³/mol. The predicted octanol–water partition coefficient (Wildman–Crippen LogP) is 9.95. The van der Waals surface area contributed by atoms with Gasteiger partial charge in [0.1, 0.15) is 60.9 Å². The summed E-state index contributed by atoms with van der Waals surface area (Å²) in [6.45, 7) is 10.6. The van der Waals surface area contributed by atoms with Crippen LogP contribution in [-0.4, -0.2) is 128 Å². The molecule has 6 rings (SSSR count). The van der Waals surface area contributed by atoms with Gasteiger partial charge in [-0.15, -0.1) is 0 Å². The van der Waals surface area contributed by atoms with Crippen molar-refractivity contribution in [1.82, 2.24) is 0 Å². The lowest BCUT2D eigenvalue weighted by molar-refractivity contribution is -0.140. The number of hydrogen-bond donors (Lipinski definition) is 2. The number of hydrogen-bond acceptors (Lipinski definition) is 16. The molecule has 0 aliphatic heterocycles. The first kappa shape index (κ1) is 61.8. The third-order valence-electron chi connectivity index (χ3n) is 9.98. The molecule has 404 valence electrons. The molecule has 17 heteroatoms. The van der Waals surface area contributed by atoms with Gasteiger partial charge in [0.2, 0.25) is 0 Å². The van der Waals surface area contributed by atoms with E-state index >= 15 is 0 Å². The number of rotatable bonds is 29. The van der Waals surface area contributed by atoms with Crippen LogP contribution in [-0.2, 0) is 38.0 Å². The SMILES string of the molecule is C.C=CC(=O)OCCOCCOCCOc1ccc(C(=O)O)cc1.C=CC(=O)OCCOCCOCCOc1ccc(C(=O)Oc2ccc(-c3ccc(OC)cc3)cc2)cc1.COc1ccc(-c2ccc(O)cc2)cc1. The van der Waals surface area contributed by atoms with Crippen molar-refractivity contribution in [2.75, 3.05) is 93.5 Å². The van der Waals surface area contributed by atoms with E-state index in [2.05, 4.69) is 13.2 Å². The number of carboxylic acid groups (broad SMARTS) is 1. The number of carboxylic acids is 1. The minimum atomic E-state index is -0.973. The summed E-state index contributed by atoms with van der Waals surface area (Å²) in [7, 11) is 3.28. The summed E-state index contributed by atoms with van der Waals surface area (Å²) in [6.07, 6.45) is 2.20. The Morgan fingerprint density at radius 2 is 0.711 bits per heavy atom. The minimum Gasteiger partial charge on any atom is -0.508 e. The summed E-state index contributed by atoms with van der Waals surface area (Å²) < 4.78 is 57.5. The normalized spacial score (nSPS) is 10.1. The molecule has 0 aliphatic rings. The zero-order valence-corrected chi connectivity index (χ0v) is 41.9. The number of phenols is 1. The first-order valence-corrected chi connectivity index (χ1v) is 23.5. The minimum absolute atomic E-state index is 0. The van der Waals surface area contributed by atoms with Crippen LogP contribution in [0.4, 0.5) is 0 Å². The lowest BCUT2D eigenvalue weighted by Crippen LogP contribution is -2.13. The van der Waals surface area contributed by atoms with E-state index in [-0.39, 0.29) is 32.0 Å². The van der Waals surface area contributed by atoms with Crippen molar-refractivity contribution in [3.63, 3.8) is 0 Å². The standard InChI is InChI=1S/C29H30O8.C16H20O7.C13H12O2.CH4/c1-3-28(30)36-21-19-34-17-16-33-18-20-35-26-12-8-24(9-13-26)29(31)37-27-14-6-23(7-15-27)22-4-10-25(32-2)11-5-22;1-2-15(17)23-12-10-21-8-7-20-9-11-22-14-5-3-13(4-6-14)16(18)19;1-15-13-8-4-11(5-9-13)10-2-6-12(14)7-3-10;/h3-15H,1,16-21H2,2H3;2-6H,1,7-12H2,(H,18,19);2-9,14H,1H3;1H4. The molecule has 0 unspecified atom stereocenters. The van der Waals surface area contributed by atoms with E-state index in [1.807, 2.05) is 72.8 Å².